The molecule has 1 N–H and O–H groups in total. The fourth-order valence-corrected chi connectivity index (χ4v) is 4.79. The van der Waals surface area contributed by atoms with Gasteiger partial charge in [-0.3, -0.25) is 4.40 Å². The number of fused-ring (bicyclic) bond motifs is 1. The van der Waals surface area contributed by atoms with Crippen LogP contribution in [-0.2, 0) is 5.41 Å². The number of imidazole rings is 1. The Labute approximate surface area is 160 Å². The Morgan fingerprint density at radius 2 is 1.93 bits per heavy atom. The minimum Gasteiger partial charge on any atom is -0.478 e. The first-order valence-corrected chi connectivity index (χ1v) is 9.70. The predicted octanol–water partition coefficient (Wildman–Crippen LogP) is 4.54. The summed E-state index contributed by atoms with van der Waals surface area (Å²) in [5, 5.41) is 12.3. The lowest BCUT2D eigenvalue weighted by molar-refractivity contribution is 0.0697. The van der Waals surface area contributed by atoms with Gasteiger partial charge in [-0.25, -0.2) is 14.8 Å². The molecule has 0 saturated heterocycles. The molecule has 0 atom stereocenters. The third-order valence-corrected chi connectivity index (χ3v) is 6.34. The van der Waals surface area contributed by atoms with Crippen molar-refractivity contribution in [2.24, 2.45) is 0 Å². The van der Waals surface area contributed by atoms with Crippen molar-refractivity contribution in [1.29, 1.82) is 0 Å². The summed E-state index contributed by atoms with van der Waals surface area (Å²) in [5.74, 6) is -0.897. The summed E-state index contributed by atoms with van der Waals surface area (Å²) >= 11 is 1.67. The second-order valence-electron chi connectivity index (χ2n) is 6.98. The van der Waals surface area contributed by atoms with Gasteiger partial charge in [-0.2, -0.15) is 0 Å². The van der Waals surface area contributed by atoms with Crippen molar-refractivity contribution < 1.29 is 9.90 Å². The molecule has 27 heavy (non-hydrogen) atoms. The van der Waals surface area contributed by atoms with Gasteiger partial charge < -0.3 is 5.11 Å². The van der Waals surface area contributed by atoms with E-state index in [1.54, 1.807) is 23.5 Å². The van der Waals surface area contributed by atoms with Gasteiger partial charge in [-0.05, 0) is 49.6 Å². The Morgan fingerprint density at radius 3 is 2.63 bits per heavy atom. The summed E-state index contributed by atoms with van der Waals surface area (Å²) in [7, 11) is 0. The molecule has 4 aromatic rings. The van der Waals surface area contributed by atoms with Gasteiger partial charge in [-0.1, -0.05) is 18.2 Å². The number of nitrogens with zero attached hydrogens (tertiary/aromatic N) is 3. The van der Waals surface area contributed by atoms with Gasteiger partial charge in [0.2, 0.25) is 0 Å². The number of rotatable bonds is 4. The number of hydrogen-bond acceptors (Lipinski definition) is 4. The number of carboxylic acid groups (broad SMARTS) is 1. The third-order valence-electron chi connectivity index (χ3n) is 5.29. The van der Waals surface area contributed by atoms with Crippen LogP contribution in [0.5, 0.6) is 0 Å². The van der Waals surface area contributed by atoms with E-state index in [0.717, 1.165) is 46.1 Å². The predicted molar refractivity (Wildman–Crippen MR) is 104 cm³/mol. The standard InChI is InChI=1S/C21H17N3O2S/c1-13-18(24-11-3-2-4-17(24)22-13)16-12-27-20(23-16)21(9-10-21)15-7-5-14(6-8-15)19(25)26/h2-8,11-12H,9-10H2,1H3,(H,25,26). The van der Waals surface area contributed by atoms with E-state index in [2.05, 4.69) is 14.8 Å². The maximum Gasteiger partial charge on any atom is 0.335 e. The molecule has 1 aromatic carbocycles. The summed E-state index contributed by atoms with van der Waals surface area (Å²) in [6.07, 6.45) is 4.10. The highest BCUT2D eigenvalue weighted by atomic mass is 32.1. The maximum atomic E-state index is 11.1. The molecule has 0 unspecified atom stereocenters. The molecule has 3 heterocycles. The molecule has 134 valence electrons. The molecule has 0 amide bonds. The Hall–Kier alpha value is -2.99. The van der Waals surface area contributed by atoms with Crippen molar-refractivity contribution >= 4 is 23.0 Å². The first-order chi connectivity index (χ1) is 13.1. The molecule has 1 saturated carbocycles. The molecular formula is C21H17N3O2S. The highest BCUT2D eigenvalue weighted by molar-refractivity contribution is 7.10. The normalized spacial score (nSPS) is 15.1. The molecule has 0 spiro atoms. The van der Waals surface area contributed by atoms with E-state index in [0.29, 0.717) is 5.56 Å². The Balaban J connectivity index is 1.55. The average Bonchev–Trinajstić information content (AvgIpc) is 3.21. The lowest BCUT2D eigenvalue weighted by Crippen LogP contribution is -2.09. The van der Waals surface area contributed by atoms with E-state index in [1.807, 2.05) is 43.5 Å². The molecule has 1 fully saturated rings. The molecule has 0 radical (unpaired) electrons. The van der Waals surface area contributed by atoms with Gasteiger partial charge >= 0.3 is 5.97 Å². The minimum absolute atomic E-state index is 0.0751. The summed E-state index contributed by atoms with van der Waals surface area (Å²) in [6, 6.07) is 13.2. The summed E-state index contributed by atoms with van der Waals surface area (Å²) < 4.78 is 2.08. The van der Waals surface area contributed by atoms with Crippen LogP contribution in [0.4, 0.5) is 0 Å². The third kappa shape index (κ3) is 2.48. The van der Waals surface area contributed by atoms with Crippen molar-refractivity contribution in [3.05, 3.63) is 75.9 Å². The van der Waals surface area contributed by atoms with Crippen molar-refractivity contribution in [1.82, 2.24) is 14.4 Å². The van der Waals surface area contributed by atoms with E-state index < -0.39 is 5.97 Å². The van der Waals surface area contributed by atoms with Crippen molar-refractivity contribution in [2.45, 2.75) is 25.2 Å². The van der Waals surface area contributed by atoms with Crippen LogP contribution in [0.3, 0.4) is 0 Å². The van der Waals surface area contributed by atoms with Gasteiger partial charge in [-0.15, -0.1) is 11.3 Å². The summed E-state index contributed by atoms with van der Waals surface area (Å²) in [5.41, 5.74) is 5.25. The highest BCUT2D eigenvalue weighted by Crippen LogP contribution is 2.54. The van der Waals surface area contributed by atoms with E-state index >= 15 is 0 Å². The Bertz CT molecular complexity index is 1170. The topological polar surface area (TPSA) is 67.5 Å². The second kappa shape index (κ2) is 5.76. The monoisotopic (exact) mass is 375 g/mol. The van der Waals surface area contributed by atoms with E-state index in [1.165, 1.54) is 0 Å². The number of pyridine rings is 1. The van der Waals surface area contributed by atoms with Crippen LogP contribution in [0.2, 0.25) is 0 Å². The Morgan fingerprint density at radius 1 is 1.15 bits per heavy atom. The van der Waals surface area contributed by atoms with Gasteiger partial charge in [0.05, 0.1) is 17.0 Å². The number of aromatic nitrogens is 3. The number of aryl methyl sites for hydroxylation is 1. The second-order valence-corrected chi connectivity index (χ2v) is 7.84. The van der Waals surface area contributed by atoms with Crippen LogP contribution in [-0.4, -0.2) is 25.4 Å². The number of benzene rings is 1. The summed E-state index contributed by atoms with van der Waals surface area (Å²) in [4.78, 5) is 20.7. The van der Waals surface area contributed by atoms with Gasteiger partial charge in [0.25, 0.3) is 0 Å². The molecule has 1 aliphatic rings. The molecule has 0 aliphatic heterocycles. The van der Waals surface area contributed by atoms with E-state index in [9.17, 15) is 4.79 Å². The number of hydrogen-bond donors (Lipinski definition) is 1. The first kappa shape index (κ1) is 16.2. The SMILES string of the molecule is Cc1nc2ccccn2c1-c1csc(C2(c3ccc(C(=O)O)cc3)CC2)n1. The number of carboxylic acids is 1. The lowest BCUT2D eigenvalue weighted by Gasteiger charge is -2.12. The summed E-state index contributed by atoms with van der Waals surface area (Å²) in [6.45, 7) is 2.01. The van der Waals surface area contributed by atoms with E-state index in [-0.39, 0.29) is 5.41 Å². The zero-order valence-electron chi connectivity index (χ0n) is 14.7. The lowest BCUT2D eigenvalue weighted by atomic mass is 9.95. The number of aromatic carboxylic acids is 1. The van der Waals surface area contributed by atoms with Gasteiger partial charge in [0.15, 0.2) is 0 Å². The molecule has 5 rings (SSSR count). The quantitative estimate of drug-likeness (QED) is 0.568. The molecular weight excluding hydrogens is 358 g/mol. The van der Waals surface area contributed by atoms with Crippen LogP contribution in [0.15, 0.2) is 54.0 Å². The van der Waals surface area contributed by atoms with E-state index in [4.69, 9.17) is 10.1 Å². The maximum absolute atomic E-state index is 11.1. The fourth-order valence-electron chi connectivity index (χ4n) is 3.71. The largest absolute Gasteiger partial charge is 0.478 e. The van der Waals surface area contributed by atoms with Crippen LogP contribution < -0.4 is 0 Å². The molecule has 6 heteroatoms. The number of carbonyl (C=O) groups is 1. The smallest absolute Gasteiger partial charge is 0.335 e. The number of thiazole rings is 1. The molecule has 1 aliphatic carbocycles. The van der Waals surface area contributed by atoms with Crippen LogP contribution in [0.1, 0.15) is 39.5 Å². The molecule has 0 bridgehead atoms. The fraction of sp³-hybridized carbons (Fsp3) is 0.190. The Kier molecular flexibility index (Phi) is 3.45. The van der Waals surface area contributed by atoms with Crippen LogP contribution >= 0.6 is 11.3 Å². The molecule has 3 aromatic heterocycles. The van der Waals surface area contributed by atoms with Gasteiger partial charge in [0, 0.05) is 17.0 Å². The van der Waals surface area contributed by atoms with Crippen LogP contribution in [0.25, 0.3) is 17.0 Å². The van der Waals surface area contributed by atoms with Crippen molar-refractivity contribution in [3.8, 4) is 11.4 Å². The van der Waals surface area contributed by atoms with Crippen molar-refractivity contribution in [3.63, 3.8) is 0 Å². The minimum atomic E-state index is -0.897. The van der Waals surface area contributed by atoms with Crippen LogP contribution in [0, 0.1) is 6.92 Å². The zero-order valence-corrected chi connectivity index (χ0v) is 15.5. The first-order valence-electron chi connectivity index (χ1n) is 8.82. The zero-order chi connectivity index (χ0) is 18.6. The van der Waals surface area contributed by atoms with Gasteiger partial charge in [0.1, 0.15) is 16.3 Å². The average molecular weight is 375 g/mol. The molecule has 5 nitrogen and oxygen atoms in total. The highest BCUT2D eigenvalue weighted by Gasteiger charge is 2.48. The van der Waals surface area contributed by atoms with Crippen molar-refractivity contribution in [2.75, 3.05) is 0 Å².